The molecule has 0 bridgehead atoms. The Morgan fingerprint density at radius 3 is 2.55 bits per heavy atom. The van der Waals surface area contributed by atoms with Gasteiger partial charge in [0.15, 0.2) is 0 Å². The highest BCUT2D eigenvalue weighted by Gasteiger charge is 2.22. The number of nitrogens with zero attached hydrogens (tertiary/aromatic N) is 1. The predicted octanol–water partition coefficient (Wildman–Crippen LogP) is 4.08. The Bertz CT molecular complexity index is 504. The first-order valence-electron chi connectivity index (χ1n) is 5.75. The summed E-state index contributed by atoms with van der Waals surface area (Å²) in [4.78, 5) is 4.60. The number of benzene rings is 1. The van der Waals surface area contributed by atoms with Crippen molar-refractivity contribution in [3.8, 4) is 0 Å². The summed E-state index contributed by atoms with van der Waals surface area (Å²) in [6, 6.07) is 3.01. The third-order valence-corrected chi connectivity index (χ3v) is 4.17. The van der Waals surface area contributed by atoms with Crippen molar-refractivity contribution in [3.05, 3.63) is 22.2 Å². The molecule has 3 nitrogen and oxygen atoms in total. The van der Waals surface area contributed by atoms with Gasteiger partial charge >= 0.3 is 0 Å². The maximum absolute atomic E-state index is 12.9. The normalized spacial score (nSPS) is 12.8. The van der Waals surface area contributed by atoms with Crippen molar-refractivity contribution >= 4 is 46.5 Å². The summed E-state index contributed by atoms with van der Waals surface area (Å²) in [5.41, 5.74) is 11.4. The van der Waals surface area contributed by atoms with Crippen LogP contribution in [0.5, 0.6) is 0 Å². The fourth-order valence-electron chi connectivity index (χ4n) is 1.28. The lowest BCUT2D eigenvalue weighted by Gasteiger charge is -2.11. The second kappa shape index (κ2) is 7.45. The minimum absolute atomic E-state index is 0.306. The summed E-state index contributed by atoms with van der Waals surface area (Å²) in [5, 5.41) is 0.614. The Morgan fingerprint density at radius 2 is 2.00 bits per heavy atom. The molecule has 0 unspecified atom stereocenters. The molecule has 0 heterocycles. The van der Waals surface area contributed by atoms with Crippen LogP contribution in [0.25, 0.3) is 0 Å². The molecule has 0 spiro atoms. The summed E-state index contributed by atoms with van der Waals surface area (Å²) in [6.45, 7) is 1.21. The zero-order valence-corrected chi connectivity index (χ0v) is 13.1. The van der Waals surface area contributed by atoms with Crippen LogP contribution in [-0.4, -0.2) is 24.1 Å². The van der Waals surface area contributed by atoms with E-state index in [4.69, 9.17) is 34.7 Å². The van der Waals surface area contributed by atoms with Gasteiger partial charge in [-0.05, 0) is 18.7 Å². The van der Waals surface area contributed by atoms with Crippen LogP contribution in [0.15, 0.2) is 22.0 Å². The van der Waals surface area contributed by atoms with Crippen molar-refractivity contribution in [1.29, 1.82) is 0 Å². The summed E-state index contributed by atoms with van der Waals surface area (Å²) in [6.07, 6.45) is 0.425. The molecule has 0 aliphatic carbocycles. The predicted molar refractivity (Wildman–Crippen MR) is 82.8 cm³/mol. The van der Waals surface area contributed by atoms with E-state index in [1.54, 1.807) is 6.07 Å². The Labute approximate surface area is 130 Å². The molecule has 0 fully saturated rings. The summed E-state index contributed by atoms with van der Waals surface area (Å²) < 4.78 is 25.8. The second-order valence-electron chi connectivity index (χ2n) is 4.23. The van der Waals surface area contributed by atoms with Crippen LogP contribution in [0, 0.1) is 0 Å². The van der Waals surface area contributed by atoms with E-state index >= 15 is 0 Å². The molecule has 8 heteroatoms. The van der Waals surface area contributed by atoms with Crippen LogP contribution in [0.4, 0.5) is 14.5 Å². The molecular formula is C12H15Cl2F2N3S. The van der Waals surface area contributed by atoms with E-state index in [-0.39, 0.29) is 5.75 Å². The fraction of sp³-hybridized carbons (Fsp3) is 0.417. The lowest BCUT2D eigenvalue weighted by atomic mass is 10.3. The molecule has 0 amide bonds. The number of hydrogen-bond acceptors (Lipinski definition) is 3. The molecular weight excluding hydrogens is 327 g/mol. The van der Waals surface area contributed by atoms with E-state index in [9.17, 15) is 8.78 Å². The summed E-state index contributed by atoms with van der Waals surface area (Å²) >= 11 is 12.9. The third-order valence-electron chi connectivity index (χ3n) is 2.15. The minimum Gasteiger partial charge on any atom is -0.387 e. The number of amidine groups is 1. The molecule has 0 saturated heterocycles. The molecule has 4 N–H and O–H groups in total. The second-order valence-corrected chi connectivity index (χ2v) is 6.07. The van der Waals surface area contributed by atoms with Gasteiger partial charge in [-0.2, -0.15) is 0 Å². The average Bonchev–Trinajstić information content (AvgIpc) is 2.30. The van der Waals surface area contributed by atoms with E-state index in [1.807, 2.05) is 0 Å². The molecule has 0 radical (unpaired) electrons. The monoisotopic (exact) mass is 341 g/mol. The van der Waals surface area contributed by atoms with E-state index in [0.717, 1.165) is 18.7 Å². The van der Waals surface area contributed by atoms with Crippen molar-refractivity contribution in [1.82, 2.24) is 0 Å². The summed E-state index contributed by atoms with van der Waals surface area (Å²) in [7, 11) is 0. The standard InChI is InChI=1S/C12H15Cl2F2N3S/c1-12(15,16)6-20-10-5-9(7(13)4-8(10)14)19-11(18)2-3-17/h4-5H,2-3,6,17H2,1H3,(H2,18,19). The molecule has 112 valence electrons. The Morgan fingerprint density at radius 1 is 1.35 bits per heavy atom. The highest BCUT2D eigenvalue weighted by atomic mass is 35.5. The number of halogens is 4. The molecule has 0 saturated carbocycles. The lowest BCUT2D eigenvalue weighted by molar-refractivity contribution is 0.0492. The van der Waals surface area contributed by atoms with Gasteiger partial charge in [-0.25, -0.2) is 13.8 Å². The molecule has 0 aromatic heterocycles. The minimum atomic E-state index is -2.78. The van der Waals surface area contributed by atoms with Crippen LogP contribution in [-0.2, 0) is 0 Å². The first kappa shape index (κ1) is 17.5. The zero-order valence-electron chi connectivity index (χ0n) is 10.8. The highest BCUT2D eigenvalue weighted by Crippen LogP contribution is 2.38. The number of nitrogens with two attached hydrogens (primary N) is 2. The van der Waals surface area contributed by atoms with E-state index in [0.29, 0.717) is 39.4 Å². The number of thioether (sulfide) groups is 1. The Hall–Kier alpha value is -0.560. The van der Waals surface area contributed by atoms with E-state index in [2.05, 4.69) is 4.99 Å². The van der Waals surface area contributed by atoms with Gasteiger partial charge in [0.05, 0.1) is 21.5 Å². The smallest absolute Gasteiger partial charge is 0.254 e. The largest absolute Gasteiger partial charge is 0.387 e. The van der Waals surface area contributed by atoms with Crippen molar-refractivity contribution in [2.24, 2.45) is 16.5 Å². The number of alkyl halides is 2. The maximum Gasteiger partial charge on any atom is 0.254 e. The van der Waals surface area contributed by atoms with Crippen molar-refractivity contribution in [3.63, 3.8) is 0 Å². The Kier molecular flexibility index (Phi) is 6.51. The molecule has 1 rings (SSSR count). The zero-order chi connectivity index (χ0) is 15.3. The topological polar surface area (TPSA) is 64.4 Å². The lowest BCUT2D eigenvalue weighted by Crippen LogP contribution is -2.16. The third kappa shape index (κ3) is 5.83. The molecule has 0 aliphatic rings. The number of rotatable bonds is 6. The van der Waals surface area contributed by atoms with Gasteiger partial charge < -0.3 is 11.5 Å². The van der Waals surface area contributed by atoms with Crippen molar-refractivity contribution in [2.45, 2.75) is 24.2 Å². The van der Waals surface area contributed by atoms with Gasteiger partial charge in [0.2, 0.25) is 0 Å². The first-order valence-corrected chi connectivity index (χ1v) is 7.50. The quantitative estimate of drug-likeness (QED) is 0.465. The van der Waals surface area contributed by atoms with Crippen LogP contribution >= 0.6 is 35.0 Å². The van der Waals surface area contributed by atoms with Crippen LogP contribution < -0.4 is 11.5 Å². The highest BCUT2D eigenvalue weighted by molar-refractivity contribution is 7.99. The molecule has 0 aliphatic heterocycles. The van der Waals surface area contributed by atoms with E-state index < -0.39 is 5.92 Å². The van der Waals surface area contributed by atoms with Gasteiger partial charge in [0, 0.05) is 18.2 Å². The molecule has 1 aromatic rings. The molecule has 1 aromatic carbocycles. The molecule has 20 heavy (non-hydrogen) atoms. The average molecular weight is 342 g/mol. The first-order chi connectivity index (χ1) is 9.23. The SMILES string of the molecule is CC(F)(F)CSc1cc(N=C(N)CCN)c(Cl)cc1Cl. The van der Waals surface area contributed by atoms with Crippen LogP contribution in [0.1, 0.15) is 13.3 Å². The van der Waals surface area contributed by atoms with Crippen LogP contribution in [0.2, 0.25) is 10.0 Å². The number of aliphatic imine (C=N–C) groups is 1. The number of hydrogen-bond donors (Lipinski definition) is 2. The van der Waals surface area contributed by atoms with E-state index in [1.165, 1.54) is 6.07 Å². The maximum atomic E-state index is 12.9. The van der Waals surface area contributed by atoms with Crippen LogP contribution in [0.3, 0.4) is 0 Å². The van der Waals surface area contributed by atoms with Gasteiger partial charge in [0.1, 0.15) is 5.84 Å². The van der Waals surface area contributed by atoms with Crippen molar-refractivity contribution in [2.75, 3.05) is 12.3 Å². The van der Waals surface area contributed by atoms with Gasteiger partial charge in [-0.1, -0.05) is 23.2 Å². The Balaban J connectivity index is 3.00. The van der Waals surface area contributed by atoms with Crippen molar-refractivity contribution < 1.29 is 8.78 Å². The van der Waals surface area contributed by atoms with Gasteiger partial charge in [-0.3, -0.25) is 0 Å². The molecule has 0 atom stereocenters. The van der Waals surface area contributed by atoms with Gasteiger partial charge in [-0.15, -0.1) is 11.8 Å². The fourth-order valence-corrected chi connectivity index (χ4v) is 2.67. The summed E-state index contributed by atoms with van der Waals surface area (Å²) in [5.74, 6) is -2.83. The van der Waals surface area contributed by atoms with Gasteiger partial charge in [0.25, 0.3) is 5.92 Å².